The minimum Gasteiger partial charge on any atom is -0.349 e. The lowest BCUT2D eigenvalue weighted by Gasteiger charge is -2.29. The number of nitrogens with zero attached hydrogens (tertiary/aromatic N) is 3. The average Bonchev–Trinajstić information content (AvgIpc) is 2.84. The zero-order chi connectivity index (χ0) is 11.5. The number of hydrogen-bond acceptors (Lipinski definition) is 3. The molecule has 1 saturated carbocycles. The van der Waals surface area contributed by atoms with E-state index in [-0.39, 0.29) is 0 Å². The first-order valence-electron chi connectivity index (χ1n) is 6.67. The van der Waals surface area contributed by atoms with Gasteiger partial charge in [0.15, 0.2) is 5.96 Å². The maximum Gasteiger partial charge on any atom is 0.196 e. The molecule has 1 aliphatic carbocycles. The lowest BCUT2D eigenvalue weighted by Crippen LogP contribution is -2.42. The summed E-state index contributed by atoms with van der Waals surface area (Å²) in [4.78, 5) is 9.25. The van der Waals surface area contributed by atoms with E-state index >= 15 is 0 Å². The standard InChI is InChI=1S/C13H25N3/c1-11-10-14-13(15(2)3)16(11)9-8-12-6-4-5-7-12/h11-12H,4-10H2,1-3H3. The predicted octanol–water partition coefficient (Wildman–Crippen LogP) is 2.19. The number of guanidine groups is 1. The van der Waals surface area contributed by atoms with Gasteiger partial charge in [-0.1, -0.05) is 25.7 Å². The van der Waals surface area contributed by atoms with Crippen molar-refractivity contribution in [2.75, 3.05) is 27.2 Å². The predicted molar refractivity (Wildman–Crippen MR) is 68.7 cm³/mol. The highest BCUT2D eigenvalue weighted by Gasteiger charge is 2.26. The first-order chi connectivity index (χ1) is 7.68. The molecule has 2 rings (SSSR count). The van der Waals surface area contributed by atoms with E-state index in [2.05, 4.69) is 35.8 Å². The molecule has 1 unspecified atom stereocenters. The van der Waals surface area contributed by atoms with Crippen LogP contribution >= 0.6 is 0 Å². The van der Waals surface area contributed by atoms with Crippen LogP contribution in [0.5, 0.6) is 0 Å². The quantitative estimate of drug-likeness (QED) is 0.730. The number of hydrogen-bond donors (Lipinski definition) is 0. The molecule has 1 aliphatic heterocycles. The monoisotopic (exact) mass is 223 g/mol. The van der Waals surface area contributed by atoms with Gasteiger partial charge in [-0.25, -0.2) is 0 Å². The van der Waals surface area contributed by atoms with Crippen LogP contribution in [0.2, 0.25) is 0 Å². The van der Waals surface area contributed by atoms with E-state index < -0.39 is 0 Å². The molecule has 0 aromatic rings. The molecule has 3 nitrogen and oxygen atoms in total. The Hall–Kier alpha value is -0.730. The van der Waals surface area contributed by atoms with Gasteiger partial charge in [-0.05, 0) is 19.3 Å². The number of rotatable bonds is 3. The normalized spacial score (nSPS) is 26.3. The summed E-state index contributed by atoms with van der Waals surface area (Å²) < 4.78 is 0. The Kier molecular flexibility index (Phi) is 3.72. The molecule has 2 aliphatic rings. The Morgan fingerprint density at radius 2 is 2.00 bits per heavy atom. The van der Waals surface area contributed by atoms with E-state index in [0.29, 0.717) is 6.04 Å². The summed E-state index contributed by atoms with van der Waals surface area (Å²) in [5.41, 5.74) is 0. The summed E-state index contributed by atoms with van der Waals surface area (Å²) in [5, 5.41) is 0. The zero-order valence-electron chi connectivity index (χ0n) is 10.9. The van der Waals surface area contributed by atoms with Gasteiger partial charge in [0.2, 0.25) is 0 Å². The average molecular weight is 223 g/mol. The Bertz CT molecular complexity index is 254. The Morgan fingerprint density at radius 1 is 1.31 bits per heavy atom. The third kappa shape index (κ3) is 2.50. The lowest BCUT2D eigenvalue weighted by atomic mass is 10.0. The molecule has 16 heavy (non-hydrogen) atoms. The van der Waals surface area contributed by atoms with Crippen molar-refractivity contribution in [2.24, 2.45) is 10.9 Å². The van der Waals surface area contributed by atoms with Crippen molar-refractivity contribution in [3.8, 4) is 0 Å². The molecule has 0 aromatic heterocycles. The summed E-state index contributed by atoms with van der Waals surface area (Å²) in [6.45, 7) is 4.45. The summed E-state index contributed by atoms with van der Waals surface area (Å²) in [6, 6.07) is 0.596. The molecule has 0 N–H and O–H groups in total. The fourth-order valence-corrected chi connectivity index (χ4v) is 2.94. The van der Waals surface area contributed by atoms with Gasteiger partial charge in [-0.2, -0.15) is 0 Å². The molecule has 92 valence electrons. The van der Waals surface area contributed by atoms with Crippen LogP contribution in [0.1, 0.15) is 39.0 Å². The minimum absolute atomic E-state index is 0.596. The maximum atomic E-state index is 4.61. The van der Waals surface area contributed by atoms with Crippen molar-refractivity contribution in [3.05, 3.63) is 0 Å². The van der Waals surface area contributed by atoms with Crippen molar-refractivity contribution < 1.29 is 0 Å². The smallest absolute Gasteiger partial charge is 0.196 e. The molecule has 1 fully saturated rings. The van der Waals surface area contributed by atoms with Gasteiger partial charge in [0.1, 0.15) is 0 Å². The van der Waals surface area contributed by atoms with E-state index in [9.17, 15) is 0 Å². The summed E-state index contributed by atoms with van der Waals surface area (Å²) in [6.07, 6.45) is 7.17. The highest BCUT2D eigenvalue weighted by atomic mass is 15.4. The van der Waals surface area contributed by atoms with Crippen LogP contribution in [0.15, 0.2) is 4.99 Å². The van der Waals surface area contributed by atoms with E-state index in [0.717, 1.165) is 12.5 Å². The second kappa shape index (κ2) is 5.07. The van der Waals surface area contributed by atoms with E-state index in [1.165, 1.54) is 44.6 Å². The molecule has 0 bridgehead atoms. The van der Waals surface area contributed by atoms with Crippen molar-refractivity contribution >= 4 is 5.96 Å². The molecule has 0 radical (unpaired) electrons. The third-order valence-electron chi connectivity index (χ3n) is 3.94. The summed E-state index contributed by atoms with van der Waals surface area (Å²) in [7, 11) is 4.19. The van der Waals surface area contributed by atoms with Crippen LogP contribution in [-0.2, 0) is 0 Å². The molecule has 0 amide bonds. The van der Waals surface area contributed by atoms with Crippen molar-refractivity contribution in [2.45, 2.75) is 45.1 Å². The maximum absolute atomic E-state index is 4.61. The van der Waals surface area contributed by atoms with Crippen molar-refractivity contribution in [1.29, 1.82) is 0 Å². The van der Waals surface area contributed by atoms with Gasteiger partial charge in [0, 0.05) is 26.7 Å². The Morgan fingerprint density at radius 3 is 2.62 bits per heavy atom. The zero-order valence-corrected chi connectivity index (χ0v) is 10.9. The first-order valence-corrected chi connectivity index (χ1v) is 6.67. The fraction of sp³-hybridized carbons (Fsp3) is 0.923. The van der Waals surface area contributed by atoms with Crippen molar-refractivity contribution in [3.63, 3.8) is 0 Å². The fourth-order valence-electron chi connectivity index (χ4n) is 2.94. The highest BCUT2D eigenvalue weighted by molar-refractivity contribution is 5.81. The van der Waals surface area contributed by atoms with E-state index in [1.54, 1.807) is 0 Å². The Labute approximate surface area is 99.5 Å². The van der Waals surface area contributed by atoms with Gasteiger partial charge in [-0.3, -0.25) is 4.99 Å². The largest absolute Gasteiger partial charge is 0.349 e. The van der Waals surface area contributed by atoms with E-state index in [4.69, 9.17) is 0 Å². The van der Waals surface area contributed by atoms with Gasteiger partial charge in [-0.15, -0.1) is 0 Å². The lowest BCUT2D eigenvalue weighted by molar-refractivity contribution is 0.301. The molecular formula is C13H25N3. The molecular weight excluding hydrogens is 198 g/mol. The van der Waals surface area contributed by atoms with E-state index in [1.807, 2.05) is 0 Å². The van der Waals surface area contributed by atoms with Crippen LogP contribution in [0.4, 0.5) is 0 Å². The van der Waals surface area contributed by atoms with Crippen LogP contribution < -0.4 is 0 Å². The molecule has 1 atom stereocenters. The van der Waals surface area contributed by atoms with Gasteiger partial charge in [0.25, 0.3) is 0 Å². The second-order valence-corrected chi connectivity index (χ2v) is 5.52. The molecule has 3 heteroatoms. The molecule has 0 spiro atoms. The topological polar surface area (TPSA) is 18.8 Å². The molecule has 1 heterocycles. The van der Waals surface area contributed by atoms with Crippen LogP contribution in [0, 0.1) is 5.92 Å². The van der Waals surface area contributed by atoms with Crippen LogP contribution in [-0.4, -0.2) is 49.0 Å². The summed E-state index contributed by atoms with van der Waals surface area (Å²) >= 11 is 0. The van der Waals surface area contributed by atoms with Crippen molar-refractivity contribution in [1.82, 2.24) is 9.80 Å². The van der Waals surface area contributed by atoms with Gasteiger partial charge >= 0.3 is 0 Å². The minimum atomic E-state index is 0.596. The number of aliphatic imine (C=N–C) groups is 1. The third-order valence-corrected chi connectivity index (χ3v) is 3.94. The van der Waals surface area contributed by atoms with Crippen LogP contribution in [0.25, 0.3) is 0 Å². The molecule has 0 saturated heterocycles. The second-order valence-electron chi connectivity index (χ2n) is 5.52. The summed E-state index contributed by atoms with van der Waals surface area (Å²) in [5.74, 6) is 2.17. The van der Waals surface area contributed by atoms with Gasteiger partial charge in [0.05, 0.1) is 6.54 Å². The van der Waals surface area contributed by atoms with Gasteiger partial charge < -0.3 is 9.80 Å². The van der Waals surface area contributed by atoms with Crippen LogP contribution in [0.3, 0.4) is 0 Å². The first kappa shape index (κ1) is 11.7. The SMILES string of the molecule is CC1CN=C(N(C)C)N1CCC1CCCC1. The molecule has 0 aromatic carbocycles. The highest BCUT2D eigenvalue weighted by Crippen LogP contribution is 2.28. The Balaban J connectivity index is 1.84.